The molecule has 0 heterocycles. The summed E-state index contributed by atoms with van der Waals surface area (Å²) in [5.74, 6) is 1.14. The highest BCUT2D eigenvalue weighted by Gasteiger charge is 2.32. The number of amides is 1. The highest BCUT2D eigenvalue weighted by atomic mass is 16.3. The molecule has 1 rings (SSSR count). The first-order valence-electron chi connectivity index (χ1n) is 4.51. The molecule has 1 amide bonds. The van der Waals surface area contributed by atoms with Gasteiger partial charge in [0.1, 0.15) is 0 Å². The minimum absolute atomic E-state index is 0.0600. The minimum atomic E-state index is 0.0600. The molecule has 1 aliphatic carbocycles. The second-order valence-electron chi connectivity index (χ2n) is 3.76. The van der Waals surface area contributed by atoms with Crippen LogP contribution in [0.4, 0.5) is 0 Å². The van der Waals surface area contributed by atoms with E-state index in [-0.39, 0.29) is 18.4 Å². The highest BCUT2D eigenvalue weighted by molar-refractivity contribution is 5.79. The van der Waals surface area contributed by atoms with Gasteiger partial charge in [-0.25, -0.2) is 0 Å². The van der Waals surface area contributed by atoms with Crippen molar-refractivity contribution in [1.82, 2.24) is 4.90 Å². The zero-order chi connectivity index (χ0) is 9.14. The van der Waals surface area contributed by atoms with E-state index in [2.05, 4.69) is 6.92 Å². The maximum absolute atomic E-state index is 11.5. The molecule has 1 saturated carbocycles. The Balaban J connectivity index is 2.28. The van der Waals surface area contributed by atoms with Gasteiger partial charge in [0, 0.05) is 19.5 Å². The van der Waals surface area contributed by atoms with Gasteiger partial charge in [-0.3, -0.25) is 4.79 Å². The Morgan fingerprint density at radius 2 is 2.17 bits per heavy atom. The number of hydrogen-bond acceptors (Lipinski definition) is 2. The largest absolute Gasteiger partial charge is 0.395 e. The molecule has 0 unspecified atom stereocenters. The van der Waals surface area contributed by atoms with Gasteiger partial charge in [0.05, 0.1) is 6.61 Å². The first-order chi connectivity index (χ1) is 5.65. The number of nitrogens with zero attached hydrogens (tertiary/aromatic N) is 1. The van der Waals surface area contributed by atoms with Gasteiger partial charge in [0.2, 0.25) is 5.91 Å². The lowest BCUT2D eigenvalue weighted by molar-refractivity contribution is -0.138. The van der Waals surface area contributed by atoms with E-state index < -0.39 is 0 Å². The summed E-state index contributed by atoms with van der Waals surface area (Å²) >= 11 is 0. The summed E-state index contributed by atoms with van der Waals surface area (Å²) in [6, 6.07) is 0. The standard InChI is InChI=1S/C9H17NO2/c1-7-5-8(6-7)9(12)10(2)3-4-11/h7-8,11H,3-6H2,1-2H3. The Labute approximate surface area is 73.4 Å². The highest BCUT2D eigenvalue weighted by Crippen LogP contribution is 2.33. The second-order valence-corrected chi connectivity index (χ2v) is 3.76. The summed E-state index contributed by atoms with van der Waals surface area (Å²) in [7, 11) is 1.75. The van der Waals surface area contributed by atoms with Crippen molar-refractivity contribution in [2.45, 2.75) is 19.8 Å². The number of aliphatic hydroxyl groups excluding tert-OH is 1. The lowest BCUT2D eigenvalue weighted by Gasteiger charge is -2.34. The molecule has 12 heavy (non-hydrogen) atoms. The minimum Gasteiger partial charge on any atom is -0.395 e. The van der Waals surface area contributed by atoms with Gasteiger partial charge in [-0.1, -0.05) is 6.92 Å². The van der Waals surface area contributed by atoms with Gasteiger partial charge >= 0.3 is 0 Å². The van der Waals surface area contributed by atoms with Gasteiger partial charge < -0.3 is 10.0 Å². The molecule has 0 aromatic rings. The molecule has 0 spiro atoms. The predicted molar refractivity (Wildman–Crippen MR) is 46.6 cm³/mol. The summed E-state index contributed by atoms with van der Waals surface area (Å²) in [6.07, 6.45) is 2.04. The molecule has 0 bridgehead atoms. The molecule has 1 aliphatic rings. The Hall–Kier alpha value is -0.570. The molecule has 3 heteroatoms. The van der Waals surface area contributed by atoms with Crippen LogP contribution in [0.25, 0.3) is 0 Å². The molecule has 1 fully saturated rings. The predicted octanol–water partition coefficient (Wildman–Crippen LogP) is 0.483. The van der Waals surface area contributed by atoms with Crippen LogP contribution in [0.5, 0.6) is 0 Å². The summed E-state index contributed by atoms with van der Waals surface area (Å²) in [4.78, 5) is 13.1. The first kappa shape index (κ1) is 9.52. The van der Waals surface area contributed by atoms with Gasteiger partial charge in [0.15, 0.2) is 0 Å². The molecule has 0 radical (unpaired) electrons. The Morgan fingerprint density at radius 1 is 1.58 bits per heavy atom. The van der Waals surface area contributed by atoms with Crippen molar-refractivity contribution in [3.8, 4) is 0 Å². The summed E-state index contributed by atoms with van der Waals surface area (Å²) in [5, 5.41) is 8.62. The number of carbonyl (C=O) groups is 1. The lowest BCUT2D eigenvalue weighted by atomic mass is 9.75. The Bertz CT molecular complexity index is 157. The molecule has 70 valence electrons. The van der Waals surface area contributed by atoms with E-state index in [1.807, 2.05) is 0 Å². The van der Waals surface area contributed by atoms with Crippen LogP contribution in [0.1, 0.15) is 19.8 Å². The third kappa shape index (κ3) is 1.97. The average Bonchev–Trinajstić information content (AvgIpc) is 1.98. The van der Waals surface area contributed by atoms with Crippen LogP contribution in [0.15, 0.2) is 0 Å². The van der Waals surface area contributed by atoms with E-state index in [0.717, 1.165) is 12.8 Å². The third-order valence-corrected chi connectivity index (χ3v) is 2.53. The van der Waals surface area contributed by atoms with Crippen LogP contribution in [0, 0.1) is 11.8 Å². The van der Waals surface area contributed by atoms with Crippen molar-refractivity contribution in [2.75, 3.05) is 20.2 Å². The smallest absolute Gasteiger partial charge is 0.225 e. The average molecular weight is 171 g/mol. The summed E-state index contributed by atoms with van der Waals surface area (Å²) < 4.78 is 0. The number of hydrogen-bond donors (Lipinski definition) is 1. The quantitative estimate of drug-likeness (QED) is 0.671. The second kappa shape index (κ2) is 3.90. The van der Waals surface area contributed by atoms with Crippen molar-refractivity contribution in [1.29, 1.82) is 0 Å². The van der Waals surface area contributed by atoms with Crippen LogP contribution in [0.2, 0.25) is 0 Å². The third-order valence-electron chi connectivity index (χ3n) is 2.53. The van der Waals surface area contributed by atoms with Gasteiger partial charge in [-0.05, 0) is 18.8 Å². The first-order valence-corrected chi connectivity index (χ1v) is 4.51. The van der Waals surface area contributed by atoms with E-state index >= 15 is 0 Å². The molecular weight excluding hydrogens is 154 g/mol. The fourth-order valence-corrected chi connectivity index (χ4v) is 1.68. The topological polar surface area (TPSA) is 40.5 Å². The van der Waals surface area contributed by atoms with Crippen molar-refractivity contribution in [2.24, 2.45) is 11.8 Å². The zero-order valence-electron chi connectivity index (χ0n) is 7.79. The number of rotatable bonds is 3. The SMILES string of the molecule is CC1CC(C(=O)N(C)CCO)C1. The van der Waals surface area contributed by atoms with Crippen molar-refractivity contribution in [3.63, 3.8) is 0 Å². The Morgan fingerprint density at radius 3 is 2.58 bits per heavy atom. The molecule has 0 atom stereocenters. The fourth-order valence-electron chi connectivity index (χ4n) is 1.68. The molecular formula is C9H17NO2. The summed E-state index contributed by atoms with van der Waals surface area (Å²) in [5.41, 5.74) is 0. The van der Waals surface area contributed by atoms with E-state index in [1.54, 1.807) is 11.9 Å². The van der Waals surface area contributed by atoms with Gasteiger partial charge in [-0.2, -0.15) is 0 Å². The molecule has 0 aliphatic heterocycles. The van der Waals surface area contributed by atoms with E-state index in [1.165, 1.54) is 0 Å². The molecule has 1 N–H and O–H groups in total. The van der Waals surface area contributed by atoms with Crippen LogP contribution in [-0.2, 0) is 4.79 Å². The van der Waals surface area contributed by atoms with Crippen molar-refractivity contribution < 1.29 is 9.90 Å². The van der Waals surface area contributed by atoms with Crippen LogP contribution in [-0.4, -0.2) is 36.1 Å². The molecule has 3 nitrogen and oxygen atoms in total. The fraction of sp³-hybridized carbons (Fsp3) is 0.889. The van der Waals surface area contributed by atoms with Crippen molar-refractivity contribution in [3.05, 3.63) is 0 Å². The van der Waals surface area contributed by atoms with Crippen LogP contribution >= 0.6 is 0 Å². The maximum Gasteiger partial charge on any atom is 0.225 e. The molecule has 0 aromatic carbocycles. The monoisotopic (exact) mass is 171 g/mol. The number of carbonyl (C=O) groups excluding carboxylic acids is 1. The van der Waals surface area contributed by atoms with Gasteiger partial charge in [0.25, 0.3) is 0 Å². The van der Waals surface area contributed by atoms with Crippen LogP contribution < -0.4 is 0 Å². The van der Waals surface area contributed by atoms with Crippen LogP contribution in [0.3, 0.4) is 0 Å². The molecule has 0 saturated heterocycles. The summed E-state index contributed by atoms with van der Waals surface area (Å²) in [6.45, 7) is 2.68. The normalized spacial score (nSPS) is 27.9. The van der Waals surface area contributed by atoms with Gasteiger partial charge in [-0.15, -0.1) is 0 Å². The van der Waals surface area contributed by atoms with E-state index in [9.17, 15) is 4.79 Å². The van der Waals surface area contributed by atoms with E-state index in [0.29, 0.717) is 12.5 Å². The van der Waals surface area contributed by atoms with Crippen molar-refractivity contribution >= 4 is 5.91 Å². The Kier molecular flexibility index (Phi) is 3.09. The zero-order valence-corrected chi connectivity index (χ0v) is 7.79. The van der Waals surface area contributed by atoms with E-state index in [4.69, 9.17) is 5.11 Å². The molecule has 0 aromatic heterocycles. The number of aliphatic hydroxyl groups is 1. The lowest BCUT2D eigenvalue weighted by Crippen LogP contribution is -2.40. The number of likely N-dealkylation sites (N-methyl/N-ethyl adjacent to an activating group) is 1. The maximum atomic E-state index is 11.5.